The molecule has 4 aromatic rings. The Bertz CT molecular complexity index is 1100. The van der Waals surface area contributed by atoms with E-state index in [1.165, 1.54) is 6.07 Å². The third-order valence-electron chi connectivity index (χ3n) is 4.16. The van der Waals surface area contributed by atoms with Crippen LogP contribution in [-0.2, 0) is 6.61 Å². The molecule has 26 heavy (non-hydrogen) atoms. The summed E-state index contributed by atoms with van der Waals surface area (Å²) in [4.78, 5) is 12.2. The molecule has 0 aliphatic heterocycles. The number of aromatic hydroxyl groups is 1. The molecule has 0 saturated carbocycles. The summed E-state index contributed by atoms with van der Waals surface area (Å²) in [5.74, 6) is 1.11. The molecular formula is C22H16O4. The fourth-order valence-electron chi connectivity index (χ4n) is 2.82. The maximum atomic E-state index is 12.2. The van der Waals surface area contributed by atoms with E-state index in [0.717, 1.165) is 16.9 Å². The van der Waals surface area contributed by atoms with Gasteiger partial charge in [-0.25, -0.2) is 4.79 Å². The van der Waals surface area contributed by atoms with Crippen LogP contribution in [0.25, 0.3) is 22.1 Å². The molecule has 0 unspecified atom stereocenters. The van der Waals surface area contributed by atoms with E-state index < -0.39 is 5.63 Å². The summed E-state index contributed by atoms with van der Waals surface area (Å²) in [5.41, 5.74) is 1.30. The van der Waals surface area contributed by atoms with Crippen molar-refractivity contribution >= 4 is 10.8 Å². The Balaban J connectivity index is 1.59. The topological polar surface area (TPSA) is 59.7 Å². The summed E-state index contributed by atoms with van der Waals surface area (Å²) in [6.07, 6.45) is 0. The van der Waals surface area contributed by atoms with Gasteiger partial charge in [-0.1, -0.05) is 42.5 Å². The van der Waals surface area contributed by atoms with Crippen LogP contribution in [0.4, 0.5) is 0 Å². The van der Waals surface area contributed by atoms with Crippen molar-refractivity contribution in [2.24, 2.45) is 0 Å². The Labute approximate surface area is 149 Å². The van der Waals surface area contributed by atoms with E-state index in [1.54, 1.807) is 18.2 Å². The fourth-order valence-corrected chi connectivity index (χ4v) is 2.82. The summed E-state index contributed by atoms with van der Waals surface area (Å²) in [7, 11) is 0. The van der Waals surface area contributed by atoms with Gasteiger partial charge in [0.15, 0.2) is 0 Å². The highest BCUT2D eigenvalue weighted by Crippen LogP contribution is 2.27. The number of fused-ring (bicyclic) bond motifs is 1. The van der Waals surface area contributed by atoms with Crippen LogP contribution in [0.2, 0.25) is 0 Å². The minimum absolute atomic E-state index is 0.0764. The van der Waals surface area contributed by atoms with Gasteiger partial charge in [0, 0.05) is 5.56 Å². The van der Waals surface area contributed by atoms with Gasteiger partial charge in [0.1, 0.15) is 29.3 Å². The van der Waals surface area contributed by atoms with Gasteiger partial charge in [0.25, 0.3) is 0 Å². The number of ether oxygens (including phenoxy) is 1. The van der Waals surface area contributed by atoms with E-state index in [4.69, 9.17) is 9.15 Å². The lowest BCUT2D eigenvalue weighted by Gasteiger charge is -2.08. The van der Waals surface area contributed by atoms with Gasteiger partial charge in [-0.05, 0) is 47.3 Å². The highest BCUT2D eigenvalue weighted by molar-refractivity contribution is 5.88. The quantitative estimate of drug-likeness (QED) is 0.581. The molecule has 0 saturated heterocycles. The van der Waals surface area contributed by atoms with E-state index in [1.807, 2.05) is 54.6 Å². The number of hydrogen-bond acceptors (Lipinski definition) is 4. The van der Waals surface area contributed by atoms with Gasteiger partial charge < -0.3 is 14.3 Å². The first-order valence-corrected chi connectivity index (χ1v) is 8.24. The molecule has 0 aliphatic carbocycles. The second-order valence-electron chi connectivity index (χ2n) is 5.94. The van der Waals surface area contributed by atoms with Gasteiger partial charge >= 0.3 is 5.63 Å². The predicted octanol–water partition coefficient (Wildman–Crippen LogP) is 4.74. The largest absolute Gasteiger partial charge is 0.507 e. The minimum atomic E-state index is -0.556. The molecule has 1 aromatic heterocycles. The van der Waals surface area contributed by atoms with Gasteiger partial charge in [0.2, 0.25) is 0 Å². The Kier molecular flexibility index (Phi) is 4.15. The Morgan fingerprint density at radius 1 is 0.885 bits per heavy atom. The van der Waals surface area contributed by atoms with Gasteiger partial charge in [-0.3, -0.25) is 0 Å². The highest BCUT2D eigenvalue weighted by atomic mass is 16.5. The van der Waals surface area contributed by atoms with Crippen LogP contribution < -0.4 is 10.4 Å². The second-order valence-corrected chi connectivity index (χ2v) is 5.94. The van der Waals surface area contributed by atoms with Crippen LogP contribution in [0.1, 0.15) is 5.56 Å². The lowest BCUT2D eigenvalue weighted by molar-refractivity contribution is 0.306. The first kappa shape index (κ1) is 16.0. The monoisotopic (exact) mass is 344 g/mol. The molecule has 128 valence electrons. The number of hydrogen-bond donors (Lipinski definition) is 1. The number of rotatable bonds is 4. The first-order chi connectivity index (χ1) is 12.7. The maximum Gasteiger partial charge on any atom is 0.347 e. The second kappa shape index (κ2) is 6.76. The summed E-state index contributed by atoms with van der Waals surface area (Å²) >= 11 is 0. The van der Waals surface area contributed by atoms with Crippen LogP contribution in [0.5, 0.6) is 11.5 Å². The average Bonchev–Trinajstić information content (AvgIpc) is 2.67. The van der Waals surface area contributed by atoms with Crippen LogP contribution in [0, 0.1) is 0 Å². The SMILES string of the molecule is O=c1oc(-c2ccc(OCc3ccccc3)cc2)cc2cccc(O)c12. The minimum Gasteiger partial charge on any atom is -0.507 e. The zero-order chi connectivity index (χ0) is 17.9. The average molecular weight is 344 g/mol. The molecule has 1 N–H and O–H groups in total. The van der Waals surface area contributed by atoms with Crippen molar-refractivity contribution < 1.29 is 14.3 Å². The molecule has 0 aliphatic rings. The molecule has 0 bridgehead atoms. The van der Waals surface area contributed by atoms with Crippen molar-refractivity contribution in [3.8, 4) is 22.8 Å². The van der Waals surface area contributed by atoms with Crippen LogP contribution in [0.15, 0.2) is 88.1 Å². The number of phenols is 1. The summed E-state index contributed by atoms with van der Waals surface area (Å²) in [6, 6.07) is 24.0. The lowest BCUT2D eigenvalue weighted by atomic mass is 10.1. The van der Waals surface area contributed by atoms with E-state index in [2.05, 4.69) is 0 Å². The van der Waals surface area contributed by atoms with Crippen molar-refractivity contribution in [2.45, 2.75) is 6.61 Å². The van der Waals surface area contributed by atoms with Crippen molar-refractivity contribution in [1.82, 2.24) is 0 Å². The molecule has 4 rings (SSSR count). The van der Waals surface area contributed by atoms with Crippen LogP contribution >= 0.6 is 0 Å². The van der Waals surface area contributed by atoms with Crippen LogP contribution in [-0.4, -0.2) is 5.11 Å². The molecule has 0 radical (unpaired) electrons. The smallest absolute Gasteiger partial charge is 0.347 e. The van der Waals surface area contributed by atoms with Crippen molar-refractivity contribution in [1.29, 1.82) is 0 Å². The molecular weight excluding hydrogens is 328 g/mol. The normalized spacial score (nSPS) is 10.8. The molecule has 3 aromatic carbocycles. The van der Waals surface area contributed by atoms with Gasteiger partial charge in [0.05, 0.1) is 0 Å². The summed E-state index contributed by atoms with van der Waals surface area (Å²) in [5, 5.41) is 10.7. The predicted molar refractivity (Wildman–Crippen MR) is 100 cm³/mol. The third kappa shape index (κ3) is 3.17. The third-order valence-corrected chi connectivity index (χ3v) is 4.16. The zero-order valence-electron chi connectivity index (χ0n) is 13.9. The molecule has 1 heterocycles. The van der Waals surface area contributed by atoms with Crippen molar-refractivity contribution in [2.75, 3.05) is 0 Å². The lowest BCUT2D eigenvalue weighted by Crippen LogP contribution is -2.00. The molecule has 4 nitrogen and oxygen atoms in total. The Morgan fingerprint density at radius 3 is 2.42 bits per heavy atom. The van der Waals surface area contributed by atoms with E-state index in [-0.39, 0.29) is 11.1 Å². The van der Waals surface area contributed by atoms with Gasteiger partial charge in [-0.2, -0.15) is 0 Å². The van der Waals surface area contributed by atoms with E-state index in [9.17, 15) is 9.90 Å². The summed E-state index contributed by atoms with van der Waals surface area (Å²) < 4.78 is 11.1. The van der Waals surface area contributed by atoms with Crippen molar-refractivity contribution in [3.63, 3.8) is 0 Å². The van der Waals surface area contributed by atoms with E-state index in [0.29, 0.717) is 17.8 Å². The number of phenolic OH excluding ortho intramolecular Hbond substituents is 1. The summed E-state index contributed by atoms with van der Waals surface area (Å²) in [6.45, 7) is 0.491. The maximum absolute atomic E-state index is 12.2. The fraction of sp³-hybridized carbons (Fsp3) is 0.0455. The Hall–Kier alpha value is -3.53. The molecule has 0 atom stereocenters. The highest BCUT2D eigenvalue weighted by Gasteiger charge is 2.10. The van der Waals surface area contributed by atoms with Gasteiger partial charge in [-0.15, -0.1) is 0 Å². The molecule has 0 fully saturated rings. The number of benzene rings is 3. The van der Waals surface area contributed by atoms with Crippen LogP contribution in [0.3, 0.4) is 0 Å². The molecule has 0 spiro atoms. The standard InChI is InChI=1S/C22H16O4/c23-19-8-4-7-17-13-20(26-22(24)21(17)19)16-9-11-18(12-10-16)25-14-15-5-2-1-3-6-15/h1-13,23H,14H2. The zero-order valence-corrected chi connectivity index (χ0v) is 13.9. The first-order valence-electron chi connectivity index (χ1n) is 8.24. The molecule has 4 heteroatoms. The molecule has 0 amide bonds. The van der Waals surface area contributed by atoms with Crippen molar-refractivity contribution in [3.05, 3.63) is 94.8 Å². The van der Waals surface area contributed by atoms with E-state index >= 15 is 0 Å². The Morgan fingerprint density at radius 2 is 1.65 bits per heavy atom.